The molecule has 0 aliphatic carbocycles. The van der Waals surface area contributed by atoms with Gasteiger partial charge in [0.25, 0.3) is 0 Å². The van der Waals surface area contributed by atoms with E-state index in [0.717, 1.165) is 27.1 Å². The summed E-state index contributed by atoms with van der Waals surface area (Å²) in [6.07, 6.45) is 14.1. The van der Waals surface area contributed by atoms with Gasteiger partial charge in [0.2, 0.25) is 0 Å². The van der Waals surface area contributed by atoms with E-state index in [9.17, 15) is 0 Å². The highest BCUT2D eigenvalue weighted by Crippen LogP contribution is 2.11. The molecule has 0 saturated heterocycles. The number of nitrogens with zero attached hydrogens (tertiary/aromatic N) is 2. The molecule has 2 heteroatoms. The average Bonchev–Trinajstić information content (AvgIpc) is 2.73. The Labute approximate surface area is 192 Å². The van der Waals surface area contributed by atoms with Crippen LogP contribution in [0.3, 0.4) is 0 Å². The molecule has 1 heterocycles. The maximum absolute atomic E-state index is 4.77. The summed E-state index contributed by atoms with van der Waals surface area (Å²) in [5, 5.41) is 1.73. The van der Waals surface area contributed by atoms with Crippen molar-refractivity contribution >= 4 is 25.1 Å². The highest BCUT2D eigenvalue weighted by molar-refractivity contribution is 6.38. The Bertz CT molecular complexity index is 1220. The molecule has 1 unspecified atom stereocenters. The van der Waals surface area contributed by atoms with Gasteiger partial charge in [-0.25, -0.2) is 4.99 Å². The third-order valence-corrected chi connectivity index (χ3v) is 4.58. The average molecular weight is 421 g/mol. The zero-order valence-corrected chi connectivity index (χ0v) is 19.4. The van der Waals surface area contributed by atoms with E-state index in [1.807, 2.05) is 68.5 Å². The zero-order valence-electron chi connectivity index (χ0n) is 19.4. The van der Waals surface area contributed by atoms with Crippen LogP contribution in [-0.4, -0.2) is 11.9 Å². The van der Waals surface area contributed by atoms with Crippen molar-refractivity contribution in [2.45, 2.75) is 20.8 Å². The minimum atomic E-state index is 0.301. The zero-order chi connectivity index (χ0) is 23.5. The Morgan fingerprint density at radius 1 is 0.750 bits per heavy atom. The predicted molar refractivity (Wildman–Crippen MR) is 143 cm³/mol. The normalized spacial score (nSPS) is 25.3. The number of hydrogen-bond acceptors (Lipinski definition) is 2. The van der Waals surface area contributed by atoms with Crippen LogP contribution in [0.15, 0.2) is 125 Å². The van der Waals surface area contributed by atoms with Gasteiger partial charge in [-0.3, -0.25) is 4.99 Å². The lowest BCUT2D eigenvalue weighted by atomic mass is 10.1. The fraction of sp³-hybridized carbons (Fsp3) is 0.133. The molecule has 32 heavy (non-hydrogen) atoms. The summed E-state index contributed by atoms with van der Waals surface area (Å²) in [7, 11) is 0. The molecule has 1 aliphatic heterocycles. The van der Waals surface area contributed by atoms with Crippen LogP contribution in [0.25, 0.3) is 13.2 Å². The molecule has 0 fully saturated rings. The summed E-state index contributed by atoms with van der Waals surface area (Å²) in [6, 6.07) is 13.6. The maximum atomic E-state index is 4.77. The summed E-state index contributed by atoms with van der Waals surface area (Å²) in [5.74, 6) is 0.301. The second-order valence-electron chi connectivity index (χ2n) is 7.89. The van der Waals surface area contributed by atoms with Crippen LogP contribution in [0.4, 0.5) is 0 Å². The Kier molecular flexibility index (Phi) is 9.31. The van der Waals surface area contributed by atoms with Gasteiger partial charge in [0, 0.05) is 5.56 Å². The molecule has 0 amide bonds. The number of aliphatic imine (C=N–C) groups is 2. The SMILES string of the molecule is C=C1/C=C(C)/C=C\C(C)/C=C\C(C)=C\C(=C)/N=C(c2ccc(=C)ccccc(=C)c2)\C=N/1. The van der Waals surface area contributed by atoms with Crippen LogP contribution >= 0.6 is 0 Å². The van der Waals surface area contributed by atoms with E-state index in [4.69, 9.17) is 4.99 Å². The highest BCUT2D eigenvalue weighted by Gasteiger charge is 2.02. The lowest BCUT2D eigenvalue weighted by Gasteiger charge is -2.02. The predicted octanol–water partition coefficient (Wildman–Crippen LogP) is 6.17. The Morgan fingerprint density at radius 3 is 2.00 bits per heavy atom. The van der Waals surface area contributed by atoms with Gasteiger partial charge >= 0.3 is 0 Å². The monoisotopic (exact) mass is 420 g/mol. The van der Waals surface area contributed by atoms with Crippen molar-refractivity contribution < 1.29 is 0 Å². The molecule has 1 aromatic rings. The van der Waals surface area contributed by atoms with Crippen LogP contribution < -0.4 is 10.4 Å². The van der Waals surface area contributed by atoms with Gasteiger partial charge in [-0.15, -0.1) is 0 Å². The first-order valence-corrected chi connectivity index (χ1v) is 10.6. The standard InChI is InChI=1S/C30H32N2/c1-22-10-8-9-11-24(3)20-29(17-16-22)30-21-31-27(6)18-25(4)14-12-23(2)13-15-26(5)19-28(7)32-30/h8-21,23H,1,3,6-7H2,2,4-5H3/b10-8?,11-9?,14-12-,15-13-,17-16?,25-18+,26-19+,29-20?,31-21-,32-30+. The smallest absolute Gasteiger partial charge is 0.0892 e. The van der Waals surface area contributed by atoms with Crippen molar-refractivity contribution in [3.05, 3.63) is 131 Å². The fourth-order valence-electron chi connectivity index (χ4n) is 2.90. The van der Waals surface area contributed by atoms with Gasteiger partial charge in [-0.05, 0) is 59.6 Å². The first-order valence-electron chi connectivity index (χ1n) is 10.6. The Hall–Kier alpha value is -3.78. The minimum Gasteiger partial charge on any atom is -0.255 e. The molecule has 0 aromatic heterocycles. The largest absolute Gasteiger partial charge is 0.255 e. The van der Waals surface area contributed by atoms with Crippen molar-refractivity contribution in [1.29, 1.82) is 0 Å². The molecule has 0 radical (unpaired) electrons. The van der Waals surface area contributed by atoms with Gasteiger partial charge in [0.15, 0.2) is 0 Å². The highest BCUT2D eigenvalue weighted by atomic mass is 14.8. The molecular formula is C30H32N2. The summed E-state index contributed by atoms with van der Waals surface area (Å²) >= 11 is 0. The number of allylic oxidation sites excluding steroid dienone is 8. The quantitative estimate of drug-likeness (QED) is 0.519. The molecule has 1 aromatic carbocycles. The van der Waals surface area contributed by atoms with Crippen molar-refractivity contribution in [3.8, 4) is 0 Å². The summed E-state index contributed by atoms with van der Waals surface area (Å²) in [5.41, 5.74) is 4.95. The molecule has 0 N–H and O–H groups in total. The molecule has 1 aliphatic rings. The molecule has 0 saturated carbocycles. The molecule has 0 bridgehead atoms. The van der Waals surface area contributed by atoms with E-state index < -0.39 is 0 Å². The molecule has 1 atom stereocenters. The summed E-state index contributed by atoms with van der Waals surface area (Å²) in [4.78, 5) is 9.33. The van der Waals surface area contributed by atoms with Crippen molar-refractivity contribution in [2.75, 3.05) is 0 Å². The Morgan fingerprint density at radius 2 is 1.34 bits per heavy atom. The fourth-order valence-corrected chi connectivity index (χ4v) is 2.90. The van der Waals surface area contributed by atoms with Crippen LogP contribution in [0.1, 0.15) is 26.3 Å². The van der Waals surface area contributed by atoms with Gasteiger partial charge in [0.1, 0.15) is 0 Å². The van der Waals surface area contributed by atoms with E-state index in [-0.39, 0.29) is 0 Å². The van der Waals surface area contributed by atoms with Gasteiger partial charge in [0.05, 0.1) is 23.3 Å². The van der Waals surface area contributed by atoms with Gasteiger partial charge in [-0.1, -0.05) is 93.9 Å². The molecule has 162 valence electrons. The summed E-state index contributed by atoms with van der Waals surface area (Å²) in [6.45, 7) is 22.6. The Balaban J connectivity index is 2.72. The van der Waals surface area contributed by atoms with E-state index in [2.05, 4.69) is 62.5 Å². The van der Waals surface area contributed by atoms with E-state index in [1.54, 1.807) is 6.21 Å². The summed E-state index contributed by atoms with van der Waals surface area (Å²) < 4.78 is 0. The van der Waals surface area contributed by atoms with Crippen molar-refractivity contribution in [2.24, 2.45) is 15.9 Å². The molecular weight excluding hydrogens is 388 g/mol. The van der Waals surface area contributed by atoms with Crippen LogP contribution in [0.2, 0.25) is 0 Å². The van der Waals surface area contributed by atoms with E-state index >= 15 is 0 Å². The lowest BCUT2D eigenvalue weighted by molar-refractivity contribution is 0.936. The van der Waals surface area contributed by atoms with Crippen LogP contribution in [0.5, 0.6) is 0 Å². The van der Waals surface area contributed by atoms with E-state index in [1.165, 1.54) is 0 Å². The maximum Gasteiger partial charge on any atom is 0.0892 e. The first kappa shape index (κ1) is 24.5. The topological polar surface area (TPSA) is 24.7 Å². The van der Waals surface area contributed by atoms with Crippen LogP contribution in [0, 0.1) is 5.92 Å². The van der Waals surface area contributed by atoms with E-state index in [0.29, 0.717) is 23.0 Å². The molecule has 2 rings (SSSR count). The molecule has 2 nitrogen and oxygen atoms in total. The second-order valence-corrected chi connectivity index (χ2v) is 7.89. The second kappa shape index (κ2) is 12.2. The van der Waals surface area contributed by atoms with Crippen LogP contribution in [-0.2, 0) is 0 Å². The minimum absolute atomic E-state index is 0.301. The third-order valence-electron chi connectivity index (χ3n) is 4.58. The first-order chi connectivity index (χ1) is 15.2. The van der Waals surface area contributed by atoms with Crippen molar-refractivity contribution in [1.82, 2.24) is 0 Å². The van der Waals surface area contributed by atoms with Gasteiger partial charge < -0.3 is 0 Å². The van der Waals surface area contributed by atoms with Crippen molar-refractivity contribution in [3.63, 3.8) is 0 Å². The number of rotatable bonds is 1. The van der Waals surface area contributed by atoms with Gasteiger partial charge in [-0.2, -0.15) is 0 Å². The lowest BCUT2D eigenvalue weighted by Crippen LogP contribution is -2.07. The molecule has 0 spiro atoms. The number of hydrogen-bond donors (Lipinski definition) is 0. The third kappa shape index (κ3) is 8.93.